The summed E-state index contributed by atoms with van der Waals surface area (Å²) in [6, 6.07) is 0. The van der Waals surface area contributed by atoms with Crippen molar-refractivity contribution in [3.63, 3.8) is 0 Å². The van der Waals surface area contributed by atoms with Crippen LogP contribution in [0.4, 0.5) is 0 Å². The average molecular weight is 111 g/mol. The Morgan fingerprint density at radius 1 is 1.38 bits per heavy atom. The lowest BCUT2D eigenvalue weighted by molar-refractivity contribution is 0.504. The van der Waals surface area contributed by atoms with Gasteiger partial charge in [0.2, 0.25) is 0 Å². The van der Waals surface area contributed by atoms with E-state index in [2.05, 4.69) is 34.6 Å². The summed E-state index contributed by atoms with van der Waals surface area (Å²) in [6.45, 7) is 12.3. The van der Waals surface area contributed by atoms with Gasteiger partial charge in [-0.05, 0) is 19.3 Å². The van der Waals surface area contributed by atoms with Crippen LogP contribution in [0.15, 0.2) is 11.6 Å². The lowest BCUT2D eigenvalue weighted by Crippen LogP contribution is -2.05. The predicted octanol–water partition coefficient (Wildman–Crippen LogP) is 2.81. The van der Waals surface area contributed by atoms with Crippen molar-refractivity contribution in [1.29, 1.82) is 0 Å². The van der Waals surface area contributed by atoms with Crippen LogP contribution in [0.5, 0.6) is 0 Å². The van der Waals surface area contributed by atoms with Crippen LogP contribution in [-0.2, 0) is 0 Å². The molecule has 0 heteroatoms. The van der Waals surface area contributed by atoms with Crippen LogP contribution < -0.4 is 0 Å². The zero-order chi connectivity index (χ0) is 6.78. The Bertz CT molecular complexity index is 91.1. The fourth-order valence-corrected chi connectivity index (χ4v) is 0.306. The first-order valence-corrected chi connectivity index (χ1v) is 2.95. The summed E-state index contributed by atoms with van der Waals surface area (Å²) in [6.07, 6.45) is 1.92. The zero-order valence-corrected chi connectivity index (χ0v) is 6.28. The molecule has 0 spiro atoms. The van der Waals surface area contributed by atoms with Crippen molar-refractivity contribution in [3.8, 4) is 0 Å². The van der Waals surface area contributed by atoms with E-state index in [1.54, 1.807) is 0 Å². The molecule has 47 valence electrons. The molecule has 0 bridgehead atoms. The Kier molecular flexibility index (Phi) is 2.26. The van der Waals surface area contributed by atoms with Gasteiger partial charge in [0.1, 0.15) is 0 Å². The molecule has 0 atom stereocenters. The minimum atomic E-state index is 0.307. The highest BCUT2D eigenvalue weighted by molar-refractivity contribution is 5.08. The molecule has 0 rings (SSSR count). The largest absolute Gasteiger partial charge is 0.0848 e. The van der Waals surface area contributed by atoms with Gasteiger partial charge < -0.3 is 0 Å². The summed E-state index contributed by atoms with van der Waals surface area (Å²) >= 11 is 0. The average Bonchev–Trinajstić information content (AvgIpc) is 1.62. The monoisotopic (exact) mass is 111 g/mol. The first-order valence-electron chi connectivity index (χ1n) is 2.95. The lowest BCUT2D eigenvalue weighted by Gasteiger charge is -2.18. The number of hydrogen-bond acceptors (Lipinski definition) is 0. The van der Waals surface area contributed by atoms with E-state index in [4.69, 9.17) is 0 Å². The van der Waals surface area contributed by atoms with Crippen LogP contribution in [0.2, 0.25) is 0 Å². The summed E-state index contributed by atoms with van der Waals surface area (Å²) in [4.78, 5) is 0. The predicted molar refractivity (Wildman–Crippen MR) is 38.6 cm³/mol. The van der Waals surface area contributed by atoms with Crippen molar-refractivity contribution in [2.75, 3.05) is 0 Å². The van der Waals surface area contributed by atoms with Gasteiger partial charge in [0.05, 0.1) is 0 Å². The Morgan fingerprint density at radius 2 is 1.75 bits per heavy atom. The van der Waals surface area contributed by atoms with Crippen LogP contribution in [0.1, 0.15) is 27.7 Å². The van der Waals surface area contributed by atoms with Crippen molar-refractivity contribution < 1.29 is 0 Å². The molecule has 0 amide bonds. The van der Waals surface area contributed by atoms with Crippen molar-refractivity contribution in [2.45, 2.75) is 27.7 Å². The zero-order valence-electron chi connectivity index (χ0n) is 6.28. The summed E-state index contributed by atoms with van der Waals surface area (Å²) < 4.78 is 0. The fourth-order valence-electron chi connectivity index (χ4n) is 0.306. The summed E-state index contributed by atoms with van der Waals surface area (Å²) in [5.74, 6) is 0. The Labute approximate surface area is 52.6 Å². The molecular formula is C8H15. The van der Waals surface area contributed by atoms with Crippen molar-refractivity contribution >= 4 is 0 Å². The third-order valence-corrected chi connectivity index (χ3v) is 1.49. The minimum absolute atomic E-state index is 0.307. The van der Waals surface area contributed by atoms with Gasteiger partial charge in [0.25, 0.3) is 0 Å². The number of rotatable bonds is 0. The van der Waals surface area contributed by atoms with E-state index in [-0.39, 0.29) is 0 Å². The molecule has 0 aliphatic rings. The van der Waals surface area contributed by atoms with Gasteiger partial charge in [0, 0.05) is 0 Å². The molecular weight excluding hydrogens is 96.1 g/mol. The standard InChI is InChI=1S/C8H15/c1-6-7(2)8(3,4)5/h6H,1H2,2-5H3. The lowest BCUT2D eigenvalue weighted by atomic mass is 9.88. The normalized spacial score (nSPS) is 14.4. The second kappa shape index (κ2) is 2.34. The molecule has 0 unspecified atom stereocenters. The van der Waals surface area contributed by atoms with Gasteiger partial charge >= 0.3 is 0 Å². The molecule has 0 aliphatic carbocycles. The van der Waals surface area contributed by atoms with Crippen molar-refractivity contribution in [1.82, 2.24) is 0 Å². The highest BCUT2D eigenvalue weighted by atomic mass is 14.1. The number of allylic oxidation sites excluding steroid dienone is 2. The maximum absolute atomic E-state index is 3.69. The van der Waals surface area contributed by atoms with Crippen LogP contribution in [0.25, 0.3) is 0 Å². The molecule has 1 radical (unpaired) electrons. The van der Waals surface area contributed by atoms with Crippen LogP contribution in [0, 0.1) is 12.3 Å². The summed E-state index contributed by atoms with van der Waals surface area (Å²) in [5, 5.41) is 0. The second-order valence-corrected chi connectivity index (χ2v) is 3.14. The first-order chi connectivity index (χ1) is 3.48. The highest BCUT2D eigenvalue weighted by Crippen LogP contribution is 2.23. The highest BCUT2D eigenvalue weighted by Gasteiger charge is 2.10. The maximum Gasteiger partial charge on any atom is -0.0176 e. The fraction of sp³-hybridized carbons (Fsp3) is 0.625. The molecule has 0 saturated carbocycles. The summed E-state index contributed by atoms with van der Waals surface area (Å²) in [7, 11) is 0. The molecule has 0 N–H and O–H groups in total. The van der Waals surface area contributed by atoms with E-state index < -0.39 is 0 Å². The smallest absolute Gasteiger partial charge is 0.0176 e. The Morgan fingerprint density at radius 3 is 1.75 bits per heavy atom. The third kappa shape index (κ3) is 2.15. The van der Waals surface area contributed by atoms with E-state index in [1.165, 1.54) is 5.57 Å². The molecule has 8 heavy (non-hydrogen) atoms. The number of hydrogen-bond donors (Lipinski definition) is 0. The van der Waals surface area contributed by atoms with Crippen molar-refractivity contribution in [2.24, 2.45) is 5.41 Å². The Hall–Kier alpha value is -0.260. The summed E-state index contributed by atoms with van der Waals surface area (Å²) in [5.41, 5.74) is 1.65. The molecule has 0 nitrogen and oxygen atoms in total. The second-order valence-electron chi connectivity index (χ2n) is 3.14. The SMILES string of the molecule is [CH2]C=C(C)C(C)(C)C. The van der Waals surface area contributed by atoms with Crippen LogP contribution in [0.3, 0.4) is 0 Å². The van der Waals surface area contributed by atoms with E-state index >= 15 is 0 Å². The van der Waals surface area contributed by atoms with Gasteiger partial charge in [-0.3, -0.25) is 0 Å². The van der Waals surface area contributed by atoms with E-state index in [0.717, 1.165) is 0 Å². The quantitative estimate of drug-likeness (QED) is 0.451. The van der Waals surface area contributed by atoms with Gasteiger partial charge in [0.15, 0.2) is 0 Å². The molecule has 0 aromatic carbocycles. The molecule has 0 saturated heterocycles. The first kappa shape index (κ1) is 7.74. The maximum atomic E-state index is 3.69. The molecule has 0 fully saturated rings. The molecule has 0 aliphatic heterocycles. The van der Waals surface area contributed by atoms with Gasteiger partial charge in [-0.1, -0.05) is 32.4 Å². The van der Waals surface area contributed by atoms with Crippen molar-refractivity contribution in [3.05, 3.63) is 18.6 Å². The molecule has 0 heterocycles. The molecule has 0 aromatic rings. The Balaban J connectivity index is 4.03. The van der Waals surface area contributed by atoms with E-state index in [1.807, 2.05) is 6.08 Å². The minimum Gasteiger partial charge on any atom is -0.0848 e. The molecule has 0 aromatic heterocycles. The van der Waals surface area contributed by atoms with Gasteiger partial charge in [-0.2, -0.15) is 0 Å². The van der Waals surface area contributed by atoms with E-state index in [0.29, 0.717) is 5.41 Å². The van der Waals surface area contributed by atoms with Crippen LogP contribution >= 0.6 is 0 Å². The van der Waals surface area contributed by atoms with Gasteiger partial charge in [-0.15, -0.1) is 0 Å². The third-order valence-electron chi connectivity index (χ3n) is 1.49. The van der Waals surface area contributed by atoms with E-state index in [9.17, 15) is 0 Å². The van der Waals surface area contributed by atoms with Gasteiger partial charge in [-0.25, -0.2) is 0 Å². The topological polar surface area (TPSA) is 0 Å². The van der Waals surface area contributed by atoms with Crippen LogP contribution in [-0.4, -0.2) is 0 Å².